The Balaban J connectivity index is 1.75. The van der Waals surface area contributed by atoms with E-state index in [0.29, 0.717) is 24.1 Å². The number of nitrogens with one attached hydrogen (secondary N) is 1. The number of amides is 1. The molecule has 0 saturated heterocycles. The van der Waals surface area contributed by atoms with Crippen molar-refractivity contribution in [2.24, 2.45) is 5.11 Å². The van der Waals surface area contributed by atoms with Gasteiger partial charge in [-0.15, -0.1) is 0 Å². The topological polar surface area (TPSA) is 106 Å². The lowest BCUT2D eigenvalue weighted by Crippen LogP contribution is -2.47. The normalized spacial score (nSPS) is 19.5. The Morgan fingerprint density at radius 2 is 2.26 bits per heavy atom. The highest BCUT2D eigenvalue weighted by atomic mass is 16.5. The summed E-state index contributed by atoms with van der Waals surface area (Å²) >= 11 is 0. The maximum absolute atomic E-state index is 12.4. The lowest BCUT2D eigenvalue weighted by molar-refractivity contribution is 0.0579. The van der Waals surface area contributed by atoms with E-state index in [9.17, 15) is 4.79 Å². The fraction of sp³-hybridized carbons (Fsp3) is 0.312. The van der Waals surface area contributed by atoms with Gasteiger partial charge in [0.2, 0.25) is 5.76 Å². The first-order valence-electron chi connectivity index (χ1n) is 7.23. The monoisotopic (exact) mass is 309 g/mol. The average molecular weight is 309 g/mol. The molecular formula is C16H15N5O2. The van der Waals surface area contributed by atoms with Crippen LogP contribution in [0.5, 0.6) is 0 Å². The second-order valence-corrected chi connectivity index (χ2v) is 5.59. The summed E-state index contributed by atoms with van der Waals surface area (Å²) in [7, 11) is 1.71. The lowest BCUT2D eigenvalue weighted by Gasteiger charge is -2.37. The highest BCUT2D eigenvalue weighted by molar-refractivity contribution is 5.92. The van der Waals surface area contributed by atoms with Gasteiger partial charge in [0, 0.05) is 24.7 Å². The third-order valence-corrected chi connectivity index (χ3v) is 4.15. The van der Waals surface area contributed by atoms with Crippen LogP contribution in [0.2, 0.25) is 0 Å². The van der Waals surface area contributed by atoms with Crippen LogP contribution < -0.4 is 0 Å². The Labute approximate surface area is 133 Å². The van der Waals surface area contributed by atoms with Crippen LogP contribution in [0.15, 0.2) is 40.0 Å². The van der Waals surface area contributed by atoms with E-state index in [1.165, 1.54) is 0 Å². The Morgan fingerprint density at radius 1 is 1.48 bits per heavy atom. The molecule has 0 radical (unpaired) electrons. The minimum atomic E-state index is -0.242. The van der Waals surface area contributed by atoms with E-state index in [1.807, 2.05) is 6.07 Å². The smallest absolute Gasteiger partial charge is 0.292 e. The van der Waals surface area contributed by atoms with Crippen LogP contribution in [0, 0.1) is 16.9 Å². The summed E-state index contributed by atoms with van der Waals surface area (Å²) in [6.07, 6.45) is 1.41. The minimum absolute atomic E-state index is 0.0225. The lowest BCUT2D eigenvalue weighted by atomic mass is 9.86. The van der Waals surface area contributed by atoms with Gasteiger partial charge in [-0.25, -0.2) is 5.53 Å². The molecule has 1 aromatic carbocycles. The van der Waals surface area contributed by atoms with Crippen molar-refractivity contribution >= 4 is 5.91 Å². The van der Waals surface area contributed by atoms with Crippen LogP contribution in [0.1, 0.15) is 29.0 Å². The summed E-state index contributed by atoms with van der Waals surface area (Å²) in [5.74, 6) is -0.0789. The van der Waals surface area contributed by atoms with Crippen LogP contribution in [0.25, 0.3) is 11.3 Å². The summed E-state index contributed by atoms with van der Waals surface area (Å²) in [6.45, 7) is 0. The van der Waals surface area contributed by atoms with Crippen LogP contribution in [0.3, 0.4) is 0 Å². The molecule has 1 N–H and O–H groups in total. The summed E-state index contributed by atoms with van der Waals surface area (Å²) in [4.78, 5) is 14.0. The molecule has 1 aromatic heterocycles. The second kappa shape index (κ2) is 6.01. The van der Waals surface area contributed by atoms with Crippen molar-refractivity contribution < 1.29 is 9.32 Å². The van der Waals surface area contributed by atoms with Gasteiger partial charge in [-0.1, -0.05) is 17.3 Å². The zero-order valence-corrected chi connectivity index (χ0v) is 12.6. The number of hydrogen-bond donors (Lipinski definition) is 1. The fourth-order valence-electron chi connectivity index (χ4n) is 2.58. The number of benzene rings is 1. The number of nitrogens with zero attached hydrogens (tertiary/aromatic N) is 4. The predicted molar refractivity (Wildman–Crippen MR) is 80.7 cm³/mol. The maximum atomic E-state index is 12.4. The summed E-state index contributed by atoms with van der Waals surface area (Å²) in [6, 6.07) is 10.7. The Hall–Kier alpha value is -3.01. The Morgan fingerprint density at radius 3 is 2.96 bits per heavy atom. The zero-order valence-electron chi connectivity index (χ0n) is 12.6. The van der Waals surface area contributed by atoms with Crippen LogP contribution in [-0.2, 0) is 0 Å². The van der Waals surface area contributed by atoms with Gasteiger partial charge in [0.05, 0.1) is 17.7 Å². The molecule has 3 rings (SSSR count). The maximum Gasteiger partial charge on any atom is 0.292 e. The van der Waals surface area contributed by atoms with Crippen LogP contribution in [-0.4, -0.2) is 35.1 Å². The zero-order chi connectivity index (χ0) is 16.4. The molecule has 7 heteroatoms. The molecule has 1 aliphatic rings. The van der Waals surface area contributed by atoms with E-state index in [1.54, 1.807) is 36.2 Å². The summed E-state index contributed by atoms with van der Waals surface area (Å²) < 4.78 is 5.16. The molecule has 0 bridgehead atoms. The second-order valence-electron chi connectivity index (χ2n) is 5.59. The number of carbonyl (C=O) groups is 1. The largest absolute Gasteiger partial charge is 0.350 e. The van der Waals surface area contributed by atoms with Gasteiger partial charge >= 0.3 is 0 Å². The quantitative estimate of drug-likeness (QED) is 0.876. The molecular weight excluding hydrogens is 294 g/mol. The highest BCUT2D eigenvalue weighted by Gasteiger charge is 2.35. The Kier molecular flexibility index (Phi) is 3.89. The molecule has 23 heavy (non-hydrogen) atoms. The highest BCUT2D eigenvalue weighted by Crippen LogP contribution is 2.29. The molecule has 2 aromatic rings. The van der Waals surface area contributed by atoms with Crippen molar-refractivity contribution in [2.45, 2.75) is 24.9 Å². The molecule has 1 amide bonds. The standard InChI is InChI=1S/C16H15N5O2/c1-21(13-6-12(7-13)19-18)16(22)15-8-14(20-23-15)11-4-2-3-10(5-11)9-17/h2-5,8,12-13,18H,6-7H2,1H3. The van der Waals surface area contributed by atoms with E-state index in [-0.39, 0.29) is 23.8 Å². The van der Waals surface area contributed by atoms with E-state index < -0.39 is 0 Å². The number of hydrogen-bond acceptors (Lipinski definition) is 6. The molecule has 116 valence electrons. The molecule has 1 aliphatic carbocycles. The van der Waals surface area contributed by atoms with Crippen molar-refractivity contribution in [1.82, 2.24) is 10.1 Å². The van der Waals surface area contributed by atoms with Gasteiger partial charge < -0.3 is 9.42 Å². The third-order valence-electron chi connectivity index (χ3n) is 4.15. The van der Waals surface area contributed by atoms with Crippen molar-refractivity contribution in [1.29, 1.82) is 10.8 Å². The van der Waals surface area contributed by atoms with Crippen LogP contribution >= 0.6 is 0 Å². The van der Waals surface area contributed by atoms with E-state index >= 15 is 0 Å². The first kappa shape index (κ1) is 14.9. The number of aromatic nitrogens is 1. The van der Waals surface area contributed by atoms with Crippen molar-refractivity contribution in [3.8, 4) is 17.3 Å². The van der Waals surface area contributed by atoms with Crippen molar-refractivity contribution in [3.63, 3.8) is 0 Å². The van der Waals surface area contributed by atoms with Crippen LogP contribution in [0.4, 0.5) is 0 Å². The van der Waals surface area contributed by atoms with E-state index in [0.717, 1.165) is 5.56 Å². The summed E-state index contributed by atoms with van der Waals surface area (Å²) in [5.41, 5.74) is 8.74. The van der Waals surface area contributed by atoms with Gasteiger partial charge in [-0.05, 0) is 25.0 Å². The molecule has 0 spiro atoms. The van der Waals surface area contributed by atoms with Gasteiger partial charge in [-0.3, -0.25) is 4.79 Å². The molecule has 0 aliphatic heterocycles. The van der Waals surface area contributed by atoms with Gasteiger partial charge in [0.1, 0.15) is 5.69 Å². The number of carbonyl (C=O) groups excluding carboxylic acids is 1. The van der Waals surface area contributed by atoms with Crippen molar-refractivity contribution in [2.75, 3.05) is 7.05 Å². The first-order chi connectivity index (χ1) is 11.1. The minimum Gasteiger partial charge on any atom is -0.350 e. The predicted octanol–water partition coefficient (Wildman–Crippen LogP) is 2.85. The molecule has 1 fully saturated rings. The van der Waals surface area contributed by atoms with Gasteiger partial charge in [-0.2, -0.15) is 10.4 Å². The third kappa shape index (κ3) is 2.83. The molecule has 1 heterocycles. The molecule has 0 atom stereocenters. The van der Waals surface area contributed by atoms with E-state index in [4.69, 9.17) is 15.3 Å². The number of rotatable bonds is 4. The molecule has 7 nitrogen and oxygen atoms in total. The molecule has 0 unspecified atom stereocenters. The van der Waals surface area contributed by atoms with E-state index in [2.05, 4.69) is 16.3 Å². The van der Waals surface area contributed by atoms with Crippen molar-refractivity contribution in [3.05, 3.63) is 41.7 Å². The fourth-order valence-corrected chi connectivity index (χ4v) is 2.58. The summed E-state index contributed by atoms with van der Waals surface area (Å²) in [5, 5.41) is 16.3. The van der Waals surface area contributed by atoms with Gasteiger partial charge in [0.15, 0.2) is 0 Å². The average Bonchev–Trinajstić information content (AvgIpc) is 3.03. The number of nitriles is 1. The Bertz CT molecular complexity index is 786. The van der Waals surface area contributed by atoms with Gasteiger partial charge in [0.25, 0.3) is 5.91 Å². The first-order valence-corrected chi connectivity index (χ1v) is 7.23. The molecule has 1 saturated carbocycles. The SMILES string of the molecule is CN(C(=O)c1cc(-c2cccc(C#N)c2)no1)C1CC(N=N)C1.